The third-order valence-electron chi connectivity index (χ3n) is 3.30. The molecule has 0 aliphatic rings. The van der Waals surface area contributed by atoms with Gasteiger partial charge in [-0.2, -0.15) is 5.26 Å². The van der Waals surface area contributed by atoms with Gasteiger partial charge in [0, 0.05) is 19.1 Å². The van der Waals surface area contributed by atoms with Crippen molar-refractivity contribution in [3.8, 4) is 6.07 Å². The maximum Gasteiger partial charge on any atom is 0.304 e. The second-order valence-corrected chi connectivity index (χ2v) is 4.68. The molecular weight excluding hydrogens is 240 g/mol. The van der Waals surface area contributed by atoms with E-state index in [0.717, 1.165) is 12.0 Å². The molecule has 4 heteroatoms. The lowest BCUT2D eigenvalue weighted by Crippen LogP contribution is -2.34. The Balaban J connectivity index is 2.69. The van der Waals surface area contributed by atoms with Crippen molar-refractivity contribution in [2.75, 3.05) is 6.54 Å². The molecule has 0 saturated carbocycles. The van der Waals surface area contributed by atoms with Crippen molar-refractivity contribution in [2.24, 2.45) is 0 Å². The van der Waals surface area contributed by atoms with Gasteiger partial charge in [-0.05, 0) is 31.0 Å². The van der Waals surface area contributed by atoms with Crippen molar-refractivity contribution >= 4 is 5.97 Å². The third kappa shape index (κ3) is 5.11. The van der Waals surface area contributed by atoms with E-state index in [4.69, 9.17) is 10.4 Å². The molecule has 1 aromatic carbocycles. The van der Waals surface area contributed by atoms with E-state index in [1.165, 1.54) is 0 Å². The van der Waals surface area contributed by atoms with Gasteiger partial charge < -0.3 is 5.11 Å². The smallest absolute Gasteiger partial charge is 0.304 e. The Labute approximate surface area is 114 Å². The van der Waals surface area contributed by atoms with Crippen LogP contribution < -0.4 is 0 Å². The summed E-state index contributed by atoms with van der Waals surface area (Å²) in [6.07, 6.45) is 1.14. The quantitative estimate of drug-likeness (QED) is 0.818. The predicted octanol–water partition coefficient (Wildman–Crippen LogP) is 2.63. The molecule has 0 aliphatic heterocycles. The van der Waals surface area contributed by atoms with Crippen LogP contribution in [0.5, 0.6) is 0 Å². The number of carboxylic acids is 1. The topological polar surface area (TPSA) is 64.3 Å². The van der Waals surface area contributed by atoms with Gasteiger partial charge in [0.1, 0.15) is 0 Å². The summed E-state index contributed by atoms with van der Waals surface area (Å²) in [5.74, 6) is -0.770. The molecule has 102 valence electrons. The zero-order valence-electron chi connectivity index (χ0n) is 11.5. The molecule has 0 fully saturated rings. The molecule has 1 N–H and O–H groups in total. The van der Waals surface area contributed by atoms with Crippen molar-refractivity contribution in [1.29, 1.82) is 5.26 Å². The Morgan fingerprint density at radius 1 is 1.42 bits per heavy atom. The first-order chi connectivity index (χ1) is 9.06. The van der Waals surface area contributed by atoms with E-state index in [1.54, 1.807) is 12.1 Å². The largest absolute Gasteiger partial charge is 0.481 e. The van der Waals surface area contributed by atoms with Gasteiger partial charge in [-0.15, -0.1) is 0 Å². The fourth-order valence-electron chi connectivity index (χ4n) is 1.87. The fourth-order valence-corrected chi connectivity index (χ4v) is 1.87. The Kier molecular flexibility index (Phi) is 6.04. The van der Waals surface area contributed by atoms with Gasteiger partial charge in [0.25, 0.3) is 0 Å². The van der Waals surface area contributed by atoms with E-state index in [1.807, 2.05) is 12.1 Å². The van der Waals surface area contributed by atoms with Crippen LogP contribution in [0.2, 0.25) is 0 Å². The molecule has 0 bridgehead atoms. The zero-order chi connectivity index (χ0) is 14.3. The molecule has 0 aliphatic carbocycles. The highest BCUT2D eigenvalue weighted by Gasteiger charge is 2.14. The number of benzene rings is 1. The molecule has 4 nitrogen and oxygen atoms in total. The molecule has 0 heterocycles. The number of carbonyl (C=O) groups is 1. The summed E-state index contributed by atoms with van der Waals surface area (Å²) >= 11 is 0. The lowest BCUT2D eigenvalue weighted by Gasteiger charge is -2.27. The van der Waals surface area contributed by atoms with E-state index in [-0.39, 0.29) is 6.42 Å². The van der Waals surface area contributed by atoms with E-state index >= 15 is 0 Å². The number of aliphatic carboxylic acids is 1. The van der Waals surface area contributed by atoms with Crippen LogP contribution in [0.25, 0.3) is 0 Å². The maximum absolute atomic E-state index is 10.7. The van der Waals surface area contributed by atoms with Crippen LogP contribution in [0.1, 0.15) is 37.8 Å². The number of nitrogens with zero attached hydrogens (tertiary/aromatic N) is 2. The monoisotopic (exact) mass is 260 g/mol. The number of nitriles is 1. The highest BCUT2D eigenvalue weighted by atomic mass is 16.4. The summed E-state index contributed by atoms with van der Waals surface area (Å²) in [6.45, 7) is 5.46. The summed E-state index contributed by atoms with van der Waals surface area (Å²) < 4.78 is 0. The molecule has 0 amide bonds. The Morgan fingerprint density at radius 3 is 2.53 bits per heavy atom. The minimum absolute atomic E-state index is 0.153. The van der Waals surface area contributed by atoms with Crippen LogP contribution in [0.15, 0.2) is 24.3 Å². The minimum atomic E-state index is -0.770. The second-order valence-electron chi connectivity index (χ2n) is 4.68. The van der Waals surface area contributed by atoms with Gasteiger partial charge in [0.05, 0.1) is 18.1 Å². The van der Waals surface area contributed by atoms with Gasteiger partial charge in [-0.3, -0.25) is 9.69 Å². The molecule has 1 aromatic rings. The van der Waals surface area contributed by atoms with E-state index in [2.05, 4.69) is 24.8 Å². The standard InChI is InChI=1S/C15H20N2O2/c1-3-12(2)17(9-8-15(18)19)11-14-6-4-13(10-16)5-7-14/h4-7,12H,3,8-9,11H2,1-2H3,(H,18,19). The van der Waals surface area contributed by atoms with Crippen molar-refractivity contribution in [3.63, 3.8) is 0 Å². The fraction of sp³-hybridized carbons (Fsp3) is 0.467. The highest BCUT2D eigenvalue weighted by Crippen LogP contribution is 2.12. The number of rotatable bonds is 7. The number of hydrogen-bond donors (Lipinski definition) is 1. The number of hydrogen-bond acceptors (Lipinski definition) is 3. The van der Waals surface area contributed by atoms with Crippen molar-refractivity contribution in [3.05, 3.63) is 35.4 Å². The average molecular weight is 260 g/mol. The van der Waals surface area contributed by atoms with E-state index < -0.39 is 5.97 Å². The summed E-state index contributed by atoms with van der Waals surface area (Å²) in [6, 6.07) is 9.87. The van der Waals surface area contributed by atoms with Gasteiger partial charge in [-0.1, -0.05) is 19.1 Å². The third-order valence-corrected chi connectivity index (χ3v) is 3.30. The lowest BCUT2D eigenvalue weighted by atomic mass is 10.1. The van der Waals surface area contributed by atoms with Crippen LogP contribution >= 0.6 is 0 Å². The van der Waals surface area contributed by atoms with Crippen LogP contribution in [-0.4, -0.2) is 28.6 Å². The summed E-state index contributed by atoms with van der Waals surface area (Å²) in [5, 5.41) is 17.5. The van der Waals surface area contributed by atoms with Crippen LogP contribution in [0.3, 0.4) is 0 Å². The first kappa shape index (κ1) is 15.2. The van der Waals surface area contributed by atoms with E-state index in [0.29, 0.717) is 24.7 Å². The Hall–Kier alpha value is -1.86. The van der Waals surface area contributed by atoms with Gasteiger partial charge in [-0.25, -0.2) is 0 Å². The van der Waals surface area contributed by atoms with Gasteiger partial charge in [0.2, 0.25) is 0 Å². The van der Waals surface area contributed by atoms with Crippen molar-refractivity contribution < 1.29 is 9.90 Å². The summed E-state index contributed by atoms with van der Waals surface area (Å²) in [5.41, 5.74) is 1.74. The molecule has 0 saturated heterocycles. The second kappa shape index (κ2) is 7.55. The Bertz CT molecular complexity index is 448. The van der Waals surface area contributed by atoms with Gasteiger partial charge >= 0.3 is 5.97 Å². The molecule has 0 radical (unpaired) electrons. The van der Waals surface area contributed by atoms with Crippen LogP contribution in [0.4, 0.5) is 0 Å². The van der Waals surface area contributed by atoms with Crippen molar-refractivity contribution in [1.82, 2.24) is 4.90 Å². The Morgan fingerprint density at radius 2 is 2.05 bits per heavy atom. The van der Waals surface area contributed by atoms with Crippen LogP contribution in [-0.2, 0) is 11.3 Å². The first-order valence-electron chi connectivity index (χ1n) is 6.51. The molecule has 0 spiro atoms. The SMILES string of the molecule is CCC(C)N(CCC(=O)O)Cc1ccc(C#N)cc1. The molecular formula is C15H20N2O2. The van der Waals surface area contributed by atoms with E-state index in [9.17, 15) is 4.79 Å². The highest BCUT2D eigenvalue weighted by molar-refractivity contribution is 5.66. The maximum atomic E-state index is 10.7. The molecule has 1 unspecified atom stereocenters. The molecule has 0 aromatic heterocycles. The summed E-state index contributed by atoms with van der Waals surface area (Å²) in [7, 11) is 0. The lowest BCUT2D eigenvalue weighted by molar-refractivity contribution is -0.137. The first-order valence-corrected chi connectivity index (χ1v) is 6.51. The molecule has 19 heavy (non-hydrogen) atoms. The number of carboxylic acid groups (broad SMARTS) is 1. The molecule has 1 atom stereocenters. The zero-order valence-corrected chi connectivity index (χ0v) is 11.5. The van der Waals surface area contributed by atoms with Crippen LogP contribution in [0, 0.1) is 11.3 Å². The minimum Gasteiger partial charge on any atom is -0.481 e. The normalized spacial score (nSPS) is 12.1. The summed E-state index contributed by atoms with van der Waals surface area (Å²) in [4.78, 5) is 12.9. The molecule has 1 rings (SSSR count). The average Bonchev–Trinajstić information content (AvgIpc) is 2.43. The van der Waals surface area contributed by atoms with Crippen molar-refractivity contribution in [2.45, 2.75) is 39.3 Å². The van der Waals surface area contributed by atoms with Gasteiger partial charge in [0.15, 0.2) is 0 Å². The predicted molar refractivity (Wildman–Crippen MR) is 73.6 cm³/mol.